The fourth-order valence-corrected chi connectivity index (χ4v) is 2.95. The average molecular weight is 336 g/mol. The van der Waals surface area contributed by atoms with Gasteiger partial charge in [-0.3, -0.25) is 14.4 Å². The lowest BCUT2D eigenvalue weighted by atomic mass is 9.75. The van der Waals surface area contributed by atoms with Gasteiger partial charge in [0.1, 0.15) is 5.60 Å². The van der Waals surface area contributed by atoms with E-state index < -0.39 is 17.4 Å². The molecule has 1 amide bonds. The van der Waals surface area contributed by atoms with Crippen molar-refractivity contribution in [2.45, 2.75) is 46.1 Å². The number of ketones is 2. The maximum atomic E-state index is 12.8. The van der Waals surface area contributed by atoms with Crippen LogP contribution in [0.2, 0.25) is 0 Å². The average Bonchev–Trinajstić information content (AvgIpc) is 2.48. The highest BCUT2D eigenvalue weighted by Crippen LogP contribution is 2.34. The van der Waals surface area contributed by atoms with E-state index in [1.54, 1.807) is 20.8 Å². The van der Waals surface area contributed by atoms with E-state index in [0.29, 0.717) is 35.3 Å². The Labute approximate surface area is 143 Å². The van der Waals surface area contributed by atoms with Crippen molar-refractivity contribution in [3.05, 3.63) is 22.3 Å². The normalized spacial score (nSPS) is 19.8. The van der Waals surface area contributed by atoms with Crippen LogP contribution in [0.1, 0.15) is 40.5 Å². The SMILES string of the molecule is CC1=C(C)C(=O)C(C(CCN(C)C)CC(C)(O)C(N)=O)=C(C)C1=O. The molecular weight excluding hydrogens is 308 g/mol. The molecule has 6 nitrogen and oxygen atoms in total. The van der Waals surface area contributed by atoms with Crippen molar-refractivity contribution in [1.82, 2.24) is 4.90 Å². The molecule has 0 heterocycles. The Morgan fingerprint density at radius 2 is 1.62 bits per heavy atom. The zero-order valence-electron chi connectivity index (χ0n) is 15.4. The van der Waals surface area contributed by atoms with E-state index in [1.807, 2.05) is 19.0 Å². The quantitative estimate of drug-likeness (QED) is 0.675. The summed E-state index contributed by atoms with van der Waals surface area (Å²) in [5.41, 5.74) is 5.20. The second-order valence-corrected chi connectivity index (χ2v) is 7.08. The standard InChI is InChI=1S/C18H28N2O4/c1-10-11(2)16(22)14(12(3)15(10)21)13(7-8-20(5)6)9-18(4,24)17(19)23/h13,24H,7-9H2,1-6H3,(H2,19,23). The molecular formula is C18H28N2O4. The van der Waals surface area contributed by atoms with Crippen LogP contribution in [0.4, 0.5) is 0 Å². The number of hydrogen-bond acceptors (Lipinski definition) is 5. The van der Waals surface area contributed by atoms with Crippen molar-refractivity contribution in [2.75, 3.05) is 20.6 Å². The molecule has 3 N–H and O–H groups in total. The highest BCUT2D eigenvalue weighted by molar-refractivity contribution is 6.24. The lowest BCUT2D eigenvalue weighted by molar-refractivity contribution is -0.136. The summed E-state index contributed by atoms with van der Waals surface area (Å²) in [5, 5.41) is 10.3. The van der Waals surface area contributed by atoms with E-state index in [1.165, 1.54) is 6.92 Å². The second-order valence-electron chi connectivity index (χ2n) is 7.08. The van der Waals surface area contributed by atoms with Crippen LogP contribution in [0.5, 0.6) is 0 Å². The van der Waals surface area contributed by atoms with Gasteiger partial charge < -0.3 is 15.7 Å². The molecule has 1 aliphatic rings. The van der Waals surface area contributed by atoms with Gasteiger partial charge in [-0.25, -0.2) is 0 Å². The molecule has 0 spiro atoms. The molecule has 0 aromatic carbocycles. The Balaban J connectivity index is 3.30. The number of Topliss-reactive ketones (excluding diaryl/α,β-unsaturated/α-hetero) is 2. The minimum atomic E-state index is -1.74. The molecule has 2 atom stereocenters. The first kappa shape index (κ1) is 20.3. The highest BCUT2D eigenvalue weighted by atomic mass is 16.3. The van der Waals surface area contributed by atoms with Gasteiger partial charge in [0.25, 0.3) is 0 Å². The minimum absolute atomic E-state index is 0.00813. The lowest BCUT2D eigenvalue weighted by Gasteiger charge is -2.31. The van der Waals surface area contributed by atoms with Crippen LogP contribution >= 0.6 is 0 Å². The zero-order chi connectivity index (χ0) is 18.8. The largest absolute Gasteiger partial charge is 0.380 e. The van der Waals surface area contributed by atoms with E-state index in [0.717, 1.165) is 0 Å². The summed E-state index contributed by atoms with van der Waals surface area (Å²) in [6.07, 6.45) is 0.544. The van der Waals surface area contributed by atoms with Crippen molar-refractivity contribution in [1.29, 1.82) is 0 Å². The number of primary amides is 1. The number of nitrogens with two attached hydrogens (primary N) is 1. The van der Waals surface area contributed by atoms with Gasteiger partial charge in [-0.2, -0.15) is 0 Å². The summed E-state index contributed by atoms with van der Waals surface area (Å²) in [6.45, 7) is 6.91. The van der Waals surface area contributed by atoms with Crippen molar-refractivity contribution in [3.8, 4) is 0 Å². The van der Waals surface area contributed by atoms with Crippen LogP contribution in [0, 0.1) is 5.92 Å². The molecule has 0 saturated heterocycles. The van der Waals surface area contributed by atoms with E-state index in [2.05, 4.69) is 0 Å². The van der Waals surface area contributed by atoms with Crippen molar-refractivity contribution in [2.24, 2.45) is 11.7 Å². The summed E-state index contributed by atoms with van der Waals surface area (Å²) < 4.78 is 0. The van der Waals surface area contributed by atoms with Gasteiger partial charge in [-0.05, 0) is 67.1 Å². The van der Waals surface area contributed by atoms with Gasteiger partial charge >= 0.3 is 0 Å². The van der Waals surface area contributed by atoms with Crippen molar-refractivity contribution in [3.63, 3.8) is 0 Å². The fraction of sp³-hybridized carbons (Fsp3) is 0.611. The molecule has 2 unspecified atom stereocenters. The number of carbonyl (C=O) groups is 3. The predicted octanol–water partition coefficient (Wildman–Crippen LogP) is 0.985. The van der Waals surface area contributed by atoms with Crippen LogP contribution < -0.4 is 5.73 Å². The van der Waals surface area contributed by atoms with Crippen LogP contribution in [0.3, 0.4) is 0 Å². The molecule has 0 saturated carbocycles. The van der Waals surface area contributed by atoms with E-state index in [4.69, 9.17) is 5.73 Å². The highest BCUT2D eigenvalue weighted by Gasteiger charge is 2.38. The van der Waals surface area contributed by atoms with E-state index in [9.17, 15) is 19.5 Å². The molecule has 0 aliphatic heterocycles. The fourth-order valence-electron chi connectivity index (χ4n) is 2.95. The van der Waals surface area contributed by atoms with Crippen LogP contribution in [-0.4, -0.2) is 53.7 Å². The summed E-state index contributed by atoms with van der Waals surface area (Å²) in [4.78, 5) is 38.6. The van der Waals surface area contributed by atoms with Gasteiger partial charge in [-0.15, -0.1) is 0 Å². The summed E-state index contributed by atoms with van der Waals surface area (Å²) in [7, 11) is 3.79. The number of rotatable bonds is 7. The van der Waals surface area contributed by atoms with Gasteiger partial charge in [0.2, 0.25) is 5.91 Å². The summed E-state index contributed by atoms with van der Waals surface area (Å²) in [5.74, 6) is -1.60. The van der Waals surface area contributed by atoms with Crippen LogP contribution in [0.15, 0.2) is 22.3 Å². The third kappa shape index (κ3) is 4.19. The molecule has 0 radical (unpaired) electrons. The van der Waals surface area contributed by atoms with Crippen molar-refractivity contribution >= 4 is 17.5 Å². The zero-order valence-corrected chi connectivity index (χ0v) is 15.4. The maximum Gasteiger partial charge on any atom is 0.249 e. The minimum Gasteiger partial charge on any atom is -0.380 e. The maximum absolute atomic E-state index is 12.8. The first-order chi connectivity index (χ1) is 10.9. The molecule has 0 fully saturated rings. The first-order valence-corrected chi connectivity index (χ1v) is 8.04. The van der Waals surface area contributed by atoms with Gasteiger partial charge in [-0.1, -0.05) is 0 Å². The van der Waals surface area contributed by atoms with Crippen molar-refractivity contribution < 1.29 is 19.5 Å². The number of aliphatic hydroxyl groups is 1. The monoisotopic (exact) mass is 336 g/mol. The van der Waals surface area contributed by atoms with E-state index >= 15 is 0 Å². The Morgan fingerprint density at radius 1 is 1.12 bits per heavy atom. The number of carbonyl (C=O) groups excluding carboxylic acids is 3. The Morgan fingerprint density at radius 3 is 2.08 bits per heavy atom. The molecule has 0 aromatic rings. The molecule has 0 aromatic heterocycles. The number of nitrogens with zero attached hydrogens (tertiary/aromatic N) is 1. The second kappa shape index (κ2) is 7.40. The topological polar surface area (TPSA) is 101 Å². The molecule has 24 heavy (non-hydrogen) atoms. The van der Waals surface area contributed by atoms with Gasteiger partial charge in [0, 0.05) is 22.3 Å². The van der Waals surface area contributed by atoms with E-state index in [-0.39, 0.29) is 18.0 Å². The molecule has 6 heteroatoms. The molecule has 0 bridgehead atoms. The molecule has 1 rings (SSSR count). The first-order valence-electron chi connectivity index (χ1n) is 8.04. The molecule has 134 valence electrons. The Kier molecular flexibility index (Phi) is 6.25. The predicted molar refractivity (Wildman–Crippen MR) is 92.2 cm³/mol. The van der Waals surface area contributed by atoms with Crippen LogP contribution in [-0.2, 0) is 14.4 Å². The summed E-state index contributed by atoms with van der Waals surface area (Å²) in [6, 6.07) is 0. The third-order valence-electron chi connectivity index (χ3n) is 4.74. The summed E-state index contributed by atoms with van der Waals surface area (Å²) >= 11 is 0. The van der Waals surface area contributed by atoms with Crippen LogP contribution in [0.25, 0.3) is 0 Å². The smallest absolute Gasteiger partial charge is 0.249 e. The molecule has 1 aliphatic carbocycles. The van der Waals surface area contributed by atoms with Gasteiger partial charge in [0.15, 0.2) is 11.6 Å². The number of amides is 1. The van der Waals surface area contributed by atoms with Gasteiger partial charge in [0.05, 0.1) is 0 Å². The Bertz CT molecular complexity index is 627. The Hall–Kier alpha value is -1.79. The third-order valence-corrected chi connectivity index (χ3v) is 4.74. The lowest BCUT2D eigenvalue weighted by Crippen LogP contribution is -2.44. The number of hydrogen-bond donors (Lipinski definition) is 2. The number of allylic oxidation sites excluding steroid dienone is 4.